The highest BCUT2D eigenvalue weighted by Crippen LogP contribution is 2.13. The first kappa shape index (κ1) is 12.6. The van der Waals surface area contributed by atoms with Gasteiger partial charge in [-0.25, -0.2) is 0 Å². The van der Waals surface area contributed by atoms with Crippen molar-refractivity contribution in [3.05, 3.63) is 24.0 Å². The van der Waals surface area contributed by atoms with E-state index in [2.05, 4.69) is 17.2 Å². The van der Waals surface area contributed by atoms with E-state index < -0.39 is 0 Å². The molecule has 0 aromatic carbocycles. The van der Waals surface area contributed by atoms with Crippen molar-refractivity contribution in [2.75, 3.05) is 5.32 Å². The summed E-state index contributed by atoms with van der Waals surface area (Å²) >= 11 is 0. The minimum atomic E-state index is -0.0902. The van der Waals surface area contributed by atoms with Gasteiger partial charge in [0.15, 0.2) is 0 Å². The van der Waals surface area contributed by atoms with Crippen LogP contribution in [0.5, 0.6) is 0 Å². The lowest BCUT2D eigenvalue weighted by Crippen LogP contribution is -2.12. The van der Waals surface area contributed by atoms with Crippen LogP contribution in [0, 0.1) is 0 Å². The normalized spacial score (nSPS) is 10.1. The maximum atomic E-state index is 11.5. The van der Waals surface area contributed by atoms with Gasteiger partial charge >= 0.3 is 0 Å². The van der Waals surface area contributed by atoms with Gasteiger partial charge in [-0.05, 0) is 12.5 Å². The van der Waals surface area contributed by atoms with Crippen LogP contribution in [0.3, 0.4) is 0 Å². The summed E-state index contributed by atoms with van der Waals surface area (Å²) in [4.78, 5) is 15.5. The SMILES string of the molecule is CCCCCC(=O)Nc1cnccc1CO. The molecule has 4 heteroatoms. The average molecular weight is 222 g/mol. The van der Waals surface area contributed by atoms with Crippen molar-refractivity contribution in [1.82, 2.24) is 4.98 Å². The van der Waals surface area contributed by atoms with Crippen LogP contribution < -0.4 is 5.32 Å². The van der Waals surface area contributed by atoms with Gasteiger partial charge in [-0.15, -0.1) is 0 Å². The van der Waals surface area contributed by atoms with E-state index in [1.807, 2.05) is 0 Å². The fraction of sp³-hybridized carbons (Fsp3) is 0.500. The monoisotopic (exact) mass is 222 g/mol. The zero-order valence-electron chi connectivity index (χ0n) is 9.57. The quantitative estimate of drug-likeness (QED) is 0.724. The van der Waals surface area contributed by atoms with Crippen LogP contribution in [0.1, 0.15) is 38.2 Å². The van der Waals surface area contributed by atoms with Crippen LogP contribution in [0.4, 0.5) is 5.69 Å². The standard InChI is InChI=1S/C12H18N2O2/c1-2-3-4-5-12(16)14-11-8-13-7-6-10(11)9-15/h6-8,15H,2-5,9H2,1H3,(H,14,16). The average Bonchev–Trinajstić information content (AvgIpc) is 2.30. The molecule has 4 nitrogen and oxygen atoms in total. The minimum absolute atomic E-state index is 0.0175. The van der Waals surface area contributed by atoms with E-state index in [4.69, 9.17) is 5.11 Å². The smallest absolute Gasteiger partial charge is 0.224 e. The summed E-state index contributed by atoms with van der Waals surface area (Å²) in [6.07, 6.45) is 6.74. The number of amides is 1. The number of pyridine rings is 1. The molecule has 0 aliphatic rings. The molecule has 0 bridgehead atoms. The number of nitrogens with zero attached hydrogens (tertiary/aromatic N) is 1. The third-order valence-electron chi connectivity index (χ3n) is 2.36. The number of rotatable bonds is 6. The lowest BCUT2D eigenvalue weighted by Gasteiger charge is -2.08. The Hall–Kier alpha value is -1.42. The first-order valence-corrected chi connectivity index (χ1v) is 5.61. The van der Waals surface area contributed by atoms with Gasteiger partial charge in [-0.3, -0.25) is 9.78 Å². The van der Waals surface area contributed by atoms with Crippen LogP contribution in [-0.4, -0.2) is 16.0 Å². The predicted octanol–water partition coefficient (Wildman–Crippen LogP) is 2.09. The van der Waals surface area contributed by atoms with Crippen LogP contribution in [-0.2, 0) is 11.4 Å². The van der Waals surface area contributed by atoms with Crippen LogP contribution >= 0.6 is 0 Å². The summed E-state index contributed by atoms with van der Waals surface area (Å²) in [5.41, 5.74) is 1.30. The second-order valence-corrected chi connectivity index (χ2v) is 3.70. The predicted molar refractivity (Wildman–Crippen MR) is 62.9 cm³/mol. The van der Waals surface area contributed by atoms with Gasteiger partial charge in [0, 0.05) is 18.2 Å². The lowest BCUT2D eigenvalue weighted by molar-refractivity contribution is -0.116. The molecule has 88 valence electrons. The van der Waals surface area contributed by atoms with Crippen LogP contribution in [0.25, 0.3) is 0 Å². The zero-order chi connectivity index (χ0) is 11.8. The van der Waals surface area contributed by atoms with Crippen molar-refractivity contribution >= 4 is 11.6 Å². The van der Waals surface area contributed by atoms with E-state index in [0.717, 1.165) is 19.3 Å². The summed E-state index contributed by atoms with van der Waals surface area (Å²) in [6, 6.07) is 1.70. The number of aliphatic hydroxyl groups excluding tert-OH is 1. The molecule has 0 unspecified atom stereocenters. The van der Waals surface area contributed by atoms with Gasteiger partial charge in [0.1, 0.15) is 0 Å². The molecule has 0 aliphatic heterocycles. The molecule has 0 radical (unpaired) electrons. The van der Waals surface area contributed by atoms with Gasteiger partial charge in [-0.1, -0.05) is 19.8 Å². The van der Waals surface area contributed by atoms with Crippen molar-refractivity contribution in [2.45, 2.75) is 39.2 Å². The fourth-order valence-electron chi connectivity index (χ4n) is 1.42. The Morgan fingerprint density at radius 2 is 2.31 bits per heavy atom. The lowest BCUT2D eigenvalue weighted by atomic mass is 10.2. The molecule has 0 aliphatic carbocycles. The molecule has 0 atom stereocenters. The first-order chi connectivity index (χ1) is 7.77. The van der Waals surface area contributed by atoms with Gasteiger partial charge in [0.05, 0.1) is 18.5 Å². The molecule has 0 saturated heterocycles. The number of hydrogen-bond acceptors (Lipinski definition) is 3. The van der Waals surface area contributed by atoms with E-state index in [-0.39, 0.29) is 12.5 Å². The van der Waals surface area contributed by atoms with Crippen molar-refractivity contribution in [3.63, 3.8) is 0 Å². The Kier molecular flexibility index (Phi) is 5.50. The molecule has 0 fully saturated rings. The second kappa shape index (κ2) is 6.95. The highest BCUT2D eigenvalue weighted by molar-refractivity contribution is 5.91. The molecule has 2 N–H and O–H groups in total. The third kappa shape index (κ3) is 3.98. The third-order valence-corrected chi connectivity index (χ3v) is 2.36. The molecule has 0 saturated carbocycles. The summed E-state index contributed by atoms with van der Waals surface area (Å²) in [7, 11) is 0. The molecule has 1 rings (SSSR count). The second-order valence-electron chi connectivity index (χ2n) is 3.70. The summed E-state index contributed by atoms with van der Waals surface area (Å²) in [5.74, 6) is -0.0175. The molecule has 1 amide bonds. The number of nitrogens with one attached hydrogen (secondary N) is 1. The van der Waals surface area contributed by atoms with Gasteiger partial charge in [0.25, 0.3) is 0 Å². The molecule has 1 aromatic heterocycles. The van der Waals surface area contributed by atoms with E-state index in [1.165, 1.54) is 0 Å². The Balaban J connectivity index is 2.49. The van der Waals surface area contributed by atoms with Gasteiger partial charge < -0.3 is 10.4 Å². The topological polar surface area (TPSA) is 62.2 Å². The number of aliphatic hydroxyl groups is 1. The highest BCUT2D eigenvalue weighted by Gasteiger charge is 2.05. The summed E-state index contributed by atoms with van der Waals surface area (Å²) in [5, 5.41) is 11.8. The highest BCUT2D eigenvalue weighted by atomic mass is 16.3. The molecular weight excluding hydrogens is 204 g/mol. The molecular formula is C12H18N2O2. The van der Waals surface area contributed by atoms with E-state index in [0.29, 0.717) is 17.7 Å². The van der Waals surface area contributed by atoms with Crippen molar-refractivity contribution in [3.8, 4) is 0 Å². The van der Waals surface area contributed by atoms with E-state index in [1.54, 1.807) is 18.5 Å². The zero-order valence-corrected chi connectivity index (χ0v) is 9.57. The summed E-state index contributed by atoms with van der Waals surface area (Å²) < 4.78 is 0. The Bertz CT molecular complexity index is 340. The molecule has 1 heterocycles. The number of carbonyl (C=O) groups is 1. The number of aromatic nitrogens is 1. The minimum Gasteiger partial charge on any atom is -0.392 e. The van der Waals surface area contributed by atoms with Crippen molar-refractivity contribution in [1.29, 1.82) is 0 Å². The van der Waals surface area contributed by atoms with Gasteiger partial charge in [-0.2, -0.15) is 0 Å². The Morgan fingerprint density at radius 3 is 3.00 bits per heavy atom. The van der Waals surface area contributed by atoms with E-state index in [9.17, 15) is 4.79 Å². The number of unbranched alkanes of at least 4 members (excludes halogenated alkanes) is 2. The Morgan fingerprint density at radius 1 is 1.50 bits per heavy atom. The molecule has 0 spiro atoms. The number of carbonyl (C=O) groups excluding carboxylic acids is 1. The molecule has 1 aromatic rings. The van der Waals surface area contributed by atoms with Gasteiger partial charge in [0.2, 0.25) is 5.91 Å². The van der Waals surface area contributed by atoms with E-state index >= 15 is 0 Å². The largest absolute Gasteiger partial charge is 0.392 e. The first-order valence-electron chi connectivity index (χ1n) is 5.61. The van der Waals surface area contributed by atoms with Crippen molar-refractivity contribution < 1.29 is 9.90 Å². The molecule has 16 heavy (non-hydrogen) atoms. The maximum absolute atomic E-state index is 11.5. The number of hydrogen-bond donors (Lipinski definition) is 2. The maximum Gasteiger partial charge on any atom is 0.224 e. The number of anilines is 1. The fourth-order valence-corrected chi connectivity index (χ4v) is 1.42. The summed E-state index contributed by atoms with van der Waals surface area (Å²) in [6.45, 7) is 2.01. The Labute approximate surface area is 95.7 Å². The van der Waals surface area contributed by atoms with Crippen LogP contribution in [0.15, 0.2) is 18.5 Å². The van der Waals surface area contributed by atoms with Crippen LogP contribution in [0.2, 0.25) is 0 Å². The van der Waals surface area contributed by atoms with Crippen molar-refractivity contribution in [2.24, 2.45) is 0 Å².